The van der Waals surface area contributed by atoms with Gasteiger partial charge in [0.05, 0.1) is 0 Å². The van der Waals surface area contributed by atoms with Crippen molar-refractivity contribution in [3.63, 3.8) is 0 Å². The van der Waals surface area contributed by atoms with Crippen molar-refractivity contribution in [2.45, 2.75) is 27.7 Å². The van der Waals surface area contributed by atoms with Crippen molar-refractivity contribution in [1.29, 1.82) is 0 Å². The van der Waals surface area contributed by atoms with Gasteiger partial charge in [-0.3, -0.25) is 4.79 Å². The van der Waals surface area contributed by atoms with E-state index in [1.165, 1.54) is 11.1 Å². The highest BCUT2D eigenvalue weighted by molar-refractivity contribution is 7.97. The monoisotopic (exact) mass is 194 g/mol. The molecule has 0 saturated heterocycles. The summed E-state index contributed by atoms with van der Waals surface area (Å²) in [5.74, 6) is 0. The predicted octanol–water partition coefficient (Wildman–Crippen LogP) is 2.99. The maximum atomic E-state index is 11.1. The maximum absolute atomic E-state index is 11.1. The number of rotatable bonds is 1. The molecule has 13 heavy (non-hydrogen) atoms. The van der Waals surface area contributed by atoms with Crippen LogP contribution in [0.3, 0.4) is 0 Å². The Balaban J connectivity index is 3.50. The van der Waals surface area contributed by atoms with E-state index in [2.05, 4.69) is 19.6 Å². The molecule has 0 saturated carbocycles. The van der Waals surface area contributed by atoms with Crippen LogP contribution in [-0.2, 0) is 0 Å². The fraction of sp³-hybridized carbons (Fsp3) is 0.364. The predicted molar refractivity (Wildman–Crippen MR) is 58.7 cm³/mol. The van der Waals surface area contributed by atoms with Gasteiger partial charge < -0.3 is 0 Å². The van der Waals surface area contributed by atoms with Crippen LogP contribution in [0.2, 0.25) is 0 Å². The Hall–Kier alpha value is -0.760. The summed E-state index contributed by atoms with van der Waals surface area (Å²) < 4.78 is 0. The molecule has 1 nitrogen and oxygen atoms in total. The first-order valence-corrected chi connectivity index (χ1v) is 4.70. The molecular formula is C11H14OS. The van der Waals surface area contributed by atoms with Crippen molar-refractivity contribution in [1.82, 2.24) is 0 Å². The summed E-state index contributed by atoms with van der Waals surface area (Å²) in [7, 11) is 0. The number of aryl methyl sites for hydroxylation is 1. The van der Waals surface area contributed by atoms with Crippen molar-refractivity contribution in [3.05, 3.63) is 33.9 Å². The van der Waals surface area contributed by atoms with Crippen LogP contribution in [0.5, 0.6) is 0 Å². The van der Waals surface area contributed by atoms with Crippen molar-refractivity contribution in [2.75, 3.05) is 0 Å². The second-order valence-electron chi connectivity index (χ2n) is 3.42. The normalized spacial score (nSPS) is 10.2. The fourth-order valence-corrected chi connectivity index (χ4v) is 1.67. The minimum atomic E-state index is -0.149. The van der Waals surface area contributed by atoms with Gasteiger partial charge in [-0.05, 0) is 56.0 Å². The first-order valence-electron chi connectivity index (χ1n) is 4.26. The molecule has 0 bridgehead atoms. The zero-order valence-corrected chi connectivity index (χ0v) is 9.33. The Morgan fingerprint density at radius 2 is 1.62 bits per heavy atom. The minimum absolute atomic E-state index is 0.149. The van der Waals surface area contributed by atoms with Crippen LogP contribution >= 0.6 is 12.6 Å². The number of hydrogen-bond acceptors (Lipinski definition) is 1. The summed E-state index contributed by atoms with van der Waals surface area (Å²) in [6.07, 6.45) is 0. The van der Waals surface area contributed by atoms with E-state index in [0.29, 0.717) is 0 Å². The molecule has 0 aliphatic heterocycles. The van der Waals surface area contributed by atoms with Gasteiger partial charge in [-0.2, -0.15) is 0 Å². The second-order valence-corrected chi connectivity index (χ2v) is 3.83. The lowest BCUT2D eigenvalue weighted by atomic mass is 9.95. The van der Waals surface area contributed by atoms with Crippen molar-refractivity contribution < 1.29 is 4.79 Å². The van der Waals surface area contributed by atoms with Gasteiger partial charge in [-0.15, -0.1) is 12.6 Å². The van der Waals surface area contributed by atoms with Gasteiger partial charge in [0.25, 0.3) is 0 Å². The van der Waals surface area contributed by atoms with Gasteiger partial charge in [0, 0.05) is 5.56 Å². The highest BCUT2D eigenvalue weighted by atomic mass is 32.1. The van der Waals surface area contributed by atoms with Crippen LogP contribution in [0.4, 0.5) is 0 Å². The maximum Gasteiger partial charge on any atom is 0.216 e. The van der Waals surface area contributed by atoms with E-state index in [1.807, 2.05) is 26.8 Å². The van der Waals surface area contributed by atoms with E-state index in [9.17, 15) is 4.79 Å². The van der Waals surface area contributed by atoms with E-state index in [0.717, 1.165) is 16.7 Å². The molecular weight excluding hydrogens is 180 g/mol. The molecule has 0 aliphatic rings. The Labute approximate surface area is 84.6 Å². The number of carbonyl (C=O) groups is 1. The van der Waals surface area contributed by atoms with Crippen LogP contribution in [0, 0.1) is 27.7 Å². The molecule has 1 aromatic carbocycles. The third kappa shape index (κ3) is 1.78. The summed E-state index contributed by atoms with van der Waals surface area (Å²) in [6, 6.07) is 1.91. The molecule has 0 atom stereocenters. The molecule has 0 aromatic heterocycles. The molecule has 0 unspecified atom stereocenters. The molecule has 0 N–H and O–H groups in total. The molecule has 0 radical (unpaired) electrons. The molecule has 0 heterocycles. The minimum Gasteiger partial charge on any atom is -0.282 e. The van der Waals surface area contributed by atoms with E-state index in [1.54, 1.807) is 0 Å². The largest absolute Gasteiger partial charge is 0.282 e. The quantitative estimate of drug-likeness (QED) is 0.680. The second kappa shape index (κ2) is 3.54. The zero-order chi connectivity index (χ0) is 10.2. The summed E-state index contributed by atoms with van der Waals surface area (Å²) in [5, 5.41) is -0.149. The molecule has 0 fully saturated rings. The standard InChI is InChI=1S/C11H14OS/c1-6-5-10(11(12)13)9(4)8(3)7(6)2/h5H,1-4H3,(H,12,13). The lowest BCUT2D eigenvalue weighted by Crippen LogP contribution is -2.00. The fourth-order valence-electron chi connectivity index (χ4n) is 1.43. The summed E-state index contributed by atoms with van der Waals surface area (Å²) >= 11 is 3.85. The van der Waals surface area contributed by atoms with Gasteiger partial charge in [-0.1, -0.05) is 0 Å². The first-order chi connectivity index (χ1) is 5.95. The SMILES string of the molecule is Cc1cc(C(=O)S)c(C)c(C)c1C. The topological polar surface area (TPSA) is 17.1 Å². The molecule has 0 amide bonds. The molecule has 0 spiro atoms. The highest BCUT2D eigenvalue weighted by Crippen LogP contribution is 2.22. The van der Waals surface area contributed by atoms with E-state index in [-0.39, 0.29) is 5.12 Å². The van der Waals surface area contributed by atoms with Crippen molar-refractivity contribution in [2.24, 2.45) is 0 Å². The van der Waals surface area contributed by atoms with Gasteiger partial charge in [0.2, 0.25) is 5.12 Å². The van der Waals surface area contributed by atoms with E-state index in [4.69, 9.17) is 0 Å². The number of benzene rings is 1. The van der Waals surface area contributed by atoms with E-state index < -0.39 is 0 Å². The first kappa shape index (κ1) is 10.3. The Bertz CT molecular complexity index is 367. The lowest BCUT2D eigenvalue weighted by Gasteiger charge is -2.11. The van der Waals surface area contributed by atoms with Crippen LogP contribution in [0.1, 0.15) is 32.6 Å². The Morgan fingerprint density at radius 1 is 1.08 bits per heavy atom. The Kier molecular flexibility index (Phi) is 2.81. The molecule has 2 heteroatoms. The molecule has 1 aromatic rings. The molecule has 1 rings (SSSR count). The summed E-state index contributed by atoms with van der Waals surface area (Å²) in [5.41, 5.74) is 5.38. The summed E-state index contributed by atoms with van der Waals surface area (Å²) in [6.45, 7) is 8.09. The average molecular weight is 194 g/mol. The average Bonchev–Trinajstić information content (AvgIpc) is 2.07. The van der Waals surface area contributed by atoms with Gasteiger partial charge >= 0.3 is 0 Å². The lowest BCUT2D eigenvalue weighted by molar-refractivity contribution is 0.109. The third-order valence-electron chi connectivity index (χ3n) is 2.71. The van der Waals surface area contributed by atoms with Gasteiger partial charge in [0.15, 0.2) is 0 Å². The highest BCUT2D eigenvalue weighted by Gasteiger charge is 2.10. The van der Waals surface area contributed by atoms with Crippen molar-refractivity contribution in [3.8, 4) is 0 Å². The summed E-state index contributed by atoms with van der Waals surface area (Å²) in [4.78, 5) is 11.1. The van der Waals surface area contributed by atoms with Gasteiger partial charge in [-0.25, -0.2) is 0 Å². The van der Waals surface area contributed by atoms with Gasteiger partial charge in [0.1, 0.15) is 0 Å². The van der Waals surface area contributed by atoms with Crippen LogP contribution in [0.15, 0.2) is 6.07 Å². The van der Waals surface area contributed by atoms with Crippen LogP contribution in [-0.4, -0.2) is 5.12 Å². The molecule has 0 aliphatic carbocycles. The number of thiol groups is 1. The smallest absolute Gasteiger partial charge is 0.216 e. The van der Waals surface area contributed by atoms with Crippen LogP contribution in [0.25, 0.3) is 0 Å². The Morgan fingerprint density at radius 3 is 2.08 bits per heavy atom. The van der Waals surface area contributed by atoms with Crippen molar-refractivity contribution >= 4 is 17.7 Å². The van der Waals surface area contributed by atoms with E-state index >= 15 is 0 Å². The molecule has 70 valence electrons. The van der Waals surface area contributed by atoms with Crippen LogP contribution < -0.4 is 0 Å². The zero-order valence-electron chi connectivity index (χ0n) is 8.43. The third-order valence-corrected chi connectivity index (χ3v) is 2.95. The number of carbonyl (C=O) groups excluding carboxylic acids is 1. The number of hydrogen-bond donors (Lipinski definition) is 1.